The molecule has 18 heavy (non-hydrogen) atoms. The molecule has 1 saturated heterocycles. The third kappa shape index (κ3) is 2.21. The lowest BCUT2D eigenvalue weighted by molar-refractivity contribution is 0.0460. The van der Waals surface area contributed by atoms with Gasteiger partial charge in [0.2, 0.25) is 5.95 Å². The van der Waals surface area contributed by atoms with Crippen molar-refractivity contribution in [1.29, 1.82) is 0 Å². The van der Waals surface area contributed by atoms with E-state index in [-0.39, 0.29) is 6.10 Å². The fourth-order valence-corrected chi connectivity index (χ4v) is 2.35. The molecule has 3 rings (SSSR count). The zero-order chi connectivity index (χ0) is 12.5. The topological polar surface area (TPSA) is 68.7 Å². The number of pyridine rings is 1. The van der Waals surface area contributed by atoms with Crippen LogP contribution in [-0.2, 0) is 4.74 Å². The maximum Gasteiger partial charge on any atom is 0.245 e. The Balaban J connectivity index is 1.89. The lowest BCUT2D eigenvalue weighted by Gasteiger charge is -2.31. The molecule has 0 aromatic carbocycles. The van der Waals surface area contributed by atoms with Crippen LogP contribution in [-0.4, -0.2) is 46.9 Å². The molecule has 3 heterocycles. The number of nitrogens with zero attached hydrogens (tertiary/aromatic N) is 4. The molecule has 1 fully saturated rings. The van der Waals surface area contributed by atoms with E-state index in [1.165, 1.54) is 0 Å². The van der Waals surface area contributed by atoms with Crippen LogP contribution in [0.4, 0.5) is 5.95 Å². The van der Waals surface area contributed by atoms with Gasteiger partial charge in [0.1, 0.15) is 0 Å². The highest BCUT2D eigenvalue weighted by Crippen LogP contribution is 2.16. The Morgan fingerprint density at radius 1 is 1.50 bits per heavy atom. The average molecular weight is 312 g/mol. The number of hydrogen-bond donors (Lipinski definition) is 1. The van der Waals surface area contributed by atoms with E-state index in [1.807, 2.05) is 18.3 Å². The zero-order valence-electron chi connectivity index (χ0n) is 9.79. The Kier molecular flexibility index (Phi) is 3.19. The molecule has 1 atom stereocenters. The number of halogens is 1. The Morgan fingerprint density at radius 2 is 2.39 bits per heavy atom. The molecular weight excluding hydrogens is 298 g/mol. The van der Waals surface area contributed by atoms with Crippen LogP contribution >= 0.6 is 15.9 Å². The van der Waals surface area contributed by atoms with Gasteiger partial charge in [0.05, 0.1) is 12.7 Å². The molecule has 2 aromatic rings. The number of anilines is 1. The number of nitrogens with two attached hydrogens (primary N) is 1. The lowest BCUT2D eigenvalue weighted by atomic mass is 10.3. The summed E-state index contributed by atoms with van der Waals surface area (Å²) in [6.45, 7) is 2.74. The summed E-state index contributed by atoms with van der Waals surface area (Å²) in [6.07, 6.45) is 1.96. The normalized spacial score (nSPS) is 20.6. The van der Waals surface area contributed by atoms with Crippen molar-refractivity contribution in [2.75, 3.05) is 31.1 Å². The van der Waals surface area contributed by atoms with E-state index in [4.69, 9.17) is 10.5 Å². The molecular formula is C11H14BrN5O. The quantitative estimate of drug-likeness (QED) is 0.882. The molecule has 0 amide bonds. The van der Waals surface area contributed by atoms with Gasteiger partial charge < -0.3 is 15.4 Å². The molecule has 0 saturated carbocycles. The molecule has 7 heteroatoms. The van der Waals surface area contributed by atoms with Crippen molar-refractivity contribution in [2.24, 2.45) is 5.73 Å². The van der Waals surface area contributed by atoms with E-state index in [0.29, 0.717) is 13.2 Å². The van der Waals surface area contributed by atoms with Crippen molar-refractivity contribution >= 4 is 27.5 Å². The summed E-state index contributed by atoms with van der Waals surface area (Å²) in [5.74, 6) is 0.731. The van der Waals surface area contributed by atoms with E-state index in [9.17, 15) is 0 Å². The van der Waals surface area contributed by atoms with E-state index < -0.39 is 0 Å². The van der Waals surface area contributed by atoms with Crippen LogP contribution in [0.3, 0.4) is 0 Å². The van der Waals surface area contributed by atoms with Crippen LogP contribution in [0.5, 0.6) is 0 Å². The molecule has 6 nitrogen and oxygen atoms in total. The Hall–Kier alpha value is -1.18. The van der Waals surface area contributed by atoms with Gasteiger partial charge in [0.25, 0.3) is 0 Å². The minimum absolute atomic E-state index is 0.0668. The smallest absolute Gasteiger partial charge is 0.245 e. The van der Waals surface area contributed by atoms with Crippen LogP contribution in [0.2, 0.25) is 0 Å². The predicted molar refractivity (Wildman–Crippen MR) is 71.7 cm³/mol. The van der Waals surface area contributed by atoms with Crippen LogP contribution in [0, 0.1) is 0 Å². The van der Waals surface area contributed by atoms with Gasteiger partial charge in [-0.15, -0.1) is 5.10 Å². The third-order valence-electron chi connectivity index (χ3n) is 2.97. The van der Waals surface area contributed by atoms with Crippen LogP contribution < -0.4 is 10.6 Å². The summed E-state index contributed by atoms with van der Waals surface area (Å²) in [4.78, 5) is 6.62. The molecule has 1 aliphatic rings. The standard InChI is InChI=1S/C11H14BrN5O/c12-8-1-2-10-14-11(15-17(10)6-8)16-3-4-18-9(5-13)7-16/h1-2,6,9H,3-5,7,13H2. The fourth-order valence-electron chi connectivity index (χ4n) is 2.02. The first-order chi connectivity index (χ1) is 8.76. The molecule has 1 unspecified atom stereocenters. The van der Waals surface area contributed by atoms with Gasteiger partial charge in [-0.1, -0.05) is 0 Å². The molecule has 1 aliphatic heterocycles. The molecule has 0 aliphatic carbocycles. The van der Waals surface area contributed by atoms with Gasteiger partial charge in [0, 0.05) is 30.3 Å². The lowest BCUT2D eigenvalue weighted by Crippen LogP contribution is -2.46. The first-order valence-corrected chi connectivity index (χ1v) is 6.64. The maximum atomic E-state index is 5.63. The molecule has 0 spiro atoms. The van der Waals surface area contributed by atoms with Crippen LogP contribution in [0.25, 0.3) is 5.65 Å². The minimum Gasteiger partial charge on any atom is -0.373 e. The van der Waals surface area contributed by atoms with Gasteiger partial charge in [-0.3, -0.25) is 0 Å². The molecule has 2 aromatic heterocycles. The summed E-state index contributed by atoms with van der Waals surface area (Å²) in [6, 6.07) is 3.89. The highest BCUT2D eigenvalue weighted by Gasteiger charge is 2.22. The SMILES string of the molecule is NCC1CN(c2nc3ccc(Br)cn3n2)CCO1. The number of fused-ring (bicyclic) bond motifs is 1. The second-order valence-corrected chi connectivity index (χ2v) is 5.15. The summed E-state index contributed by atoms with van der Waals surface area (Å²) >= 11 is 3.42. The number of ether oxygens (including phenoxy) is 1. The van der Waals surface area contributed by atoms with Gasteiger partial charge >= 0.3 is 0 Å². The van der Waals surface area contributed by atoms with E-state index in [0.717, 1.165) is 29.2 Å². The number of aromatic nitrogens is 3. The van der Waals surface area contributed by atoms with Crippen molar-refractivity contribution < 1.29 is 4.74 Å². The van der Waals surface area contributed by atoms with E-state index in [1.54, 1.807) is 4.52 Å². The fraction of sp³-hybridized carbons (Fsp3) is 0.455. The average Bonchev–Trinajstić information content (AvgIpc) is 2.81. The van der Waals surface area contributed by atoms with E-state index >= 15 is 0 Å². The predicted octanol–water partition coefficient (Wildman–Crippen LogP) is 0.656. The molecule has 96 valence electrons. The van der Waals surface area contributed by atoms with Crippen molar-refractivity contribution in [3.63, 3.8) is 0 Å². The largest absolute Gasteiger partial charge is 0.373 e. The highest BCUT2D eigenvalue weighted by atomic mass is 79.9. The Bertz CT molecular complexity index is 557. The second kappa shape index (κ2) is 4.83. The molecule has 0 radical (unpaired) electrons. The summed E-state index contributed by atoms with van der Waals surface area (Å²) in [5.41, 5.74) is 6.47. The van der Waals surface area contributed by atoms with Gasteiger partial charge in [0.15, 0.2) is 5.65 Å². The van der Waals surface area contributed by atoms with Gasteiger partial charge in [-0.2, -0.15) is 4.98 Å². The maximum absolute atomic E-state index is 5.63. The minimum atomic E-state index is 0.0668. The first kappa shape index (κ1) is 11.9. The number of rotatable bonds is 2. The first-order valence-electron chi connectivity index (χ1n) is 5.85. The number of morpholine rings is 1. The van der Waals surface area contributed by atoms with Crippen molar-refractivity contribution in [3.05, 3.63) is 22.8 Å². The van der Waals surface area contributed by atoms with E-state index in [2.05, 4.69) is 30.9 Å². The Labute approximate surface area is 113 Å². The molecule has 0 bridgehead atoms. The summed E-state index contributed by atoms with van der Waals surface area (Å²) in [5, 5.41) is 4.47. The summed E-state index contributed by atoms with van der Waals surface area (Å²) < 4.78 is 8.29. The number of hydrogen-bond acceptors (Lipinski definition) is 5. The monoisotopic (exact) mass is 311 g/mol. The highest BCUT2D eigenvalue weighted by molar-refractivity contribution is 9.10. The van der Waals surface area contributed by atoms with Crippen LogP contribution in [0.15, 0.2) is 22.8 Å². The second-order valence-electron chi connectivity index (χ2n) is 4.24. The van der Waals surface area contributed by atoms with Crippen molar-refractivity contribution in [2.45, 2.75) is 6.10 Å². The van der Waals surface area contributed by atoms with Crippen LogP contribution in [0.1, 0.15) is 0 Å². The molecule has 2 N–H and O–H groups in total. The zero-order valence-corrected chi connectivity index (χ0v) is 11.4. The van der Waals surface area contributed by atoms with Gasteiger partial charge in [-0.05, 0) is 28.1 Å². The Morgan fingerprint density at radius 3 is 3.22 bits per heavy atom. The van der Waals surface area contributed by atoms with Crippen molar-refractivity contribution in [3.8, 4) is 0 Å². The third-order valence-corrected chi connectivity index (χ3v) is 3.44. The van der Waals surface area contributed by atoms with Crippen molar-refractivity contribution in [1.82, 2.24) is 14.6 Å². The van der Waals surface area contributed by atoms with Gasteiger partial charge in [-0.25, -0.2) is 4.52 Å². The summed E-state index contributed by atoms with van der Waals surface area (Å²) in [7, 11) is 0.